The van der Waals surface area contributed by atoms with Crippen LogP contribution in [0.15, 0.2) is 30.9 Å². The van der Waals surface area contributed by atoms with Gasteiger partial charge in [0.2, 0.25) is 6.36 Å². The Balaban J connectivity index is 1.88. The Morgan fingerprint density at radius 3 is 2.32 bits per heavy atom. The Morgan fingerprint density at radius 1 is 1.16 bits per heavy atom. The molecule has 140 valence electrons. The molecule has 1 saturated carbocycles. The van der Waals surface area contributed by atoms with E-state index in [1.54, 1.807) is 0 Å². The van der Waals surface area contributed by atoms with Crippen LogP contribution >= 0.6 is 0 Å². The second-order valence-electron chi connectivity index (χ2n) is 6.33. The molecule has 0 amide bonds. The molecule has 1 aromatic carbocycles. The van der Waals surface area contributed by atoms with E-state index in [2.05, 4.69) is 6.58 Å². The standard InChI is InChI=1S/C18H20F6O/c1-2-11-3-6-13(7-4-11)16(20)17(21)25-10-12-5-8-14(15(19)9-12)18(22,23)24/h2,5,8-9,11,13,16-17H,1,3-4,6-7,10H2/t11-,13-,16?,17?. The van der Waals surface area contributed by atoms with E-state index in [0.29, 0.717) is 30.9 Å². The smallest absolute Gasteiger partial charge is 0.341 e. The number of benzene rings is 1. The summed E-state index contributed by atoms with van der Waals surface area (Å²) in [7, 11) is 0. The van der Waals surface area contributed by atoms with Crippen molar-refractivity contribution in [2.75, 3.05) is 0 Å². The molecule has 0 bridgehead atoms. The summed E-state index contributed by atoms with van der Waals surface area (Å²) in [6.07, 6.45) is -4.48. The van der Waals surface area contributed by atoms with Crippen molar-refractivity contribution in [3.05, 3.63) is 47.8 Å². The zero-order valence-corrected chi connectivity index (χ0v) is 13.5. The predicted octanol–water partition coefficient (Wildman–Crippen LogP) is 5.99. The number of rotatable bonds is 6. The van der Waals surface area contributed by atoms with E-state index in [9.17, 15) is 26.3 Å². The lowest BCUT2D eigenvalue weighted by molar-refractivity contribution is -0.140. The van der Waals surface area contributed by atoms with Gasteiger partial charge in [-0.1, -0.05) is 12.1 Å². The van der Waals surface area contributed by atoms with Gasteiger partial charge in [0.05, 0.1) is 12.2 Å². The summed E-state index contributed by atoms with van der Waals surface area (Å²) < 4.78 is 83.7. The molecule has 1 aliphatic rings. The van der Waals surface area contributed by atoms with Crippen molar-refractivity contribution >= 4 is 0 Å². The molecule has 0 N–H and O–H groups in total. The number of ether oxygens (including phenoxy) is 1. The molecule has 1 nitrogen and oxygen atoms in total. The van der Waals surface area contributed by atoms with Gasteiger partial charge in [-0.25, -0.2) is 13.2 Å². The molecule has 2 rings (SSSR count). The van der Waals surface area contributed by atoms with Crippen LogP contribution < -0.4 is 0 Å². The van der Waals surface area contributed by atoms with Crippen molar-refractivity contribution in [3.63, 3.8) is 0 Å². The van der Waals surface area contributed by atoms with Crippen molar-refractivity contribution in [2.45, 2.75) is 51.0 Å². The Morgan fingerprint density at radius 2 is 1.80 bits per heavy atom. The maximum Gasteiger partial charge on any atom is 0.419 e. The predicted molar refractivity (Wildman–Crippen MR) is 81.6 cm³/mol. The first-order valence-electron chi connectivity index (χ1n) is 8.10. The third-order valence-corrected chi connectivity index (χ3v) is 4.60. The summed E-state index contributed by atoms with van der Waals surface area (Å²) in [5.41, 5.74) is -1.40. The van der Waals surface area contributed by atoms with Gasteiger partial charge < -0.3 is 4.74 Å². The van der Waals surface area contributed by atoms with Crippen molar-refractivity contribution in [2.24, 2.45) is 11.8 Å². The molecule has 1 fully saturated rings. The minimum atomic E-state index is -4.81. The zero-order chi connectivity index (χ0) is 18.6. The topological polar surface area (TPSA) is 9.23 Å². The highest BCUT2D eigenvalue weighted by Crippen LogP contribution is 2.35. The monoisotopic (exact) mass is 366 g/mol. The first-order chi connectivity index (χ1) is 11.7. The second-order valence-corrected chi connectivity index (χ2v) is 6.33. The molecule has 1 aromatic rings. The van der Waals surface area contributed by atoms with E-state index in [0.717, 1.165) is 18.9 Å². The van der Waals surface area contributed by atoms with E-state index in [1.807, 2.05) is 6.08 Å². The number of halogens is 6. The van der Waals surface area contributed by atoms with Crippen molar-refractivity contribution in [3.8, 4) is 0 Å². The maximum atomic E-state index is 14.2. The molecular weight excluding hydrogens is 346 g/mol. The molecular formula is C18H20F6O. The Labute approximate surface area is 142 Å². The van der Waals surface area contributed by atoms with Crippen molar-refractivity contribution in [1.29, 1.82) is 0 Å². The fraction of sp³-hybridized carbons (Fsp3) is 0.556. The molecule has 0 aliphatic heterocycles. The average molecular weight is 366 g/mol. The second kappa shape index (κ2) is 8.25. The van der Waals surface area contributed by atoms with Crippen LogP contribution in [0, 0.1) is 17.7 Å². The molecule has 0 aromatic heterocycles. The number of alkyl halides is 5. The van der Waals surface area contributed by atoms with Crippen LogP contribution in [-0.4, -0.2) is 12.5 Å². The van der Waals surface area contributed by atoms with Gasteiger partial charge in [-0.05, 0) is 55.2 Å². The summed E-state index contributed by atoms with van der Waals surface area (Å²) in [4.78, 5) is 0. The summed E-state index contributed by atoms with van der Waals surface area (Å²) in [6, 6.07) is 2.17. The summed E-state index contributed by atoms with van der Waals surface area (Å²) in [5, 5.41) is 0. The van der Waals surface area contributed by atoms with Gasteiger partial charge in [0.1, 0.15) is 5.82 Å². The number of allylic oxidation sites excluding steroid dienone is 1. The third-order valence-electron chi connectivity index (χ3n) is 4.60. The Bertz CT molecular complexity index is 577. The molecule has 2 unspecified atom stereocenters. The van der Waals surface area contributed by atoms with Crippen molar-refractivity contribution < 1.29 is 31.1 Å². The lowest BCUT2D eigenvalue weighted by Gasteiger charge is -2.30. The SMILES string of the molecule is C=C[C@H]1CC[C@H](C(F)C(F)OCc2ccc(C(F)(F)F)c(F)c2)CC1. The van der Waals surface area contributed by atoms with Gasteiger partial charge >= 0.3 is 6.18 Å². The minimum Gasteiger partial charge on any atom is -0.341 e. The van der Waals surface area contributed by atoms with Crippen molar-refractivity contribution in [1.82, 2.24) is 0 Å². The lowest BCUT2D eigenvalue weighted by atomic mass is 9.80. The van der Waals surface area contributed by atoms with Crippen LogP contribution in [0.25, 0.3) is 0 Å². The molecule has 25 heavy (non-hydrogen) atoms. The quantitative estimate of drug-likeness (QED) is 0.444. The molecule has 7 heteroatoms. The summed E-state index contributed by atoms with van der Waals surface area (Å²) in [5.74, 6) is -1.61. The molecule has 0 heterocycles. The first kappa shape index (κ1) is 19.8. The van der Waals surface area contributed by atoms with Gasteiger partial charge in [-0.2, -0.15) is 13.2 Å². The highest BCUT2D eigenvalue weighted by atomic mass is 19.4. The van der Waals surface area contributed by atoms with Crippen LogP contribution in [0.1, 0.15) is 36.8 Å². The van der Waals surface area contributed by atoms with Gasteiger partial charge in [-0.15, -0.1) is 6.58 Å². The lowest BCUT2D eigenvalue weighted by Crippen LogP contribution is -2.31. The molecule has 0 spiro atoms. The highest BCUT2D eigenvalue weighted by Gasteiger charge is 2.35. The third kappa shape index (κ3) is 5.23. The van der Waals surface area contributed by atoms with Crippen LogP contribution in [0.4, 0.5) is 26.3 Å². The van der Waals surface area contributed by atoms with E-state index in [1.165, 1.54) is 0 Å². The molecule has 1 aliphatic carbocycles. The van der Waals surface area contributed by atoms with Crippen LogP contribution in [0.2, 0.25) is 0 Å². The Kier molecular flexibility index (Phi) is 6.54. The maximum absolute atomic E-state index is 14.2. The summed E-state index contributed by atoms with van der Waals surface area (Å²) >= 11 is 0. The van der Waals surface area contributed by atoms with E-state index < -0.39 is 42.6 Å². The van der Waals surface area contributed by atoms with Gasteiger partial charge in [0, 0.05) is 0 Å². The van der Waals surface area contributed by atoms with Crippen LogP contribution in [0.5, 0.6) is 0 Å². The minimum absolute atomic E-state index is 0.00992. The average Bonchev–Trinajstić information content (AvgIpc) is 2.58. The largest absolute Gasteiger partial charge is 0.419 e. The zero-order valence-electron chi connectivity index (χ0n) is 13.5. The van der Waals surface area contributed by atoms with Crippen LogP contribution in [-0.2, 0) is 17.5 Å². The molecule has 0 saturated heterocycles. The number of hydrogen-bond donors (Lipinski definition) is 0. The van der Waals surface area contributed by atoms with Crippen LogP contribution in [0.3, 0.4) is 0 Å². The van der Waals surface area contributed by atoms with Gasteiger partial charge in [-0.3, -0.25) is 0 Å². The van der Waals surface area contributed by atoms with E-state index >= 15 is 0 Å². The fourth-order valence-corrected chi connectivity index (χ4v) is 3.06. The highest BCUT2D eigenvalue weighted by molar-refractivity contribution is 5.26. The van der Waals surface area contributed by atoms with E-state index in [4.69, 9.17) is 4.74 Å². The normalized spacial score (nSPS) is 23.9. The molecule has 2 atom stereocenters. The number of hydrogen-bond acceptors (Lipinski definition) is 1. The first-order valence-corrected chi connectivity index (χ1v) is 8.10. The van der Waals surface area contributed by atoms with Gasteiger partial charge in [0.15, 0.2) is 6.17 Å². The fourth-order valence-electron chi connectivity index (χ4n) is 3.06. The van der Waals surface area contributed by atoms with E-state index in [-0.39, 0.29) is 5.56 Å². The van der Waals surface area contributed by atoms with Gasteiger partial charge in [0.25, 0.3) is 0 Å². The summed E-state index contributed by atoms with van der Waals surface area (Å²) in [6.45, 7) is 3.19. The Hall–Kier alpha value is -1.50. The molecule has 0 radical (unpaired) electrons.